The highest BCUT2D eigenvalue weighted by atomic mass is 32.2. The fourth-order valence-corrected chi connectivity index (χ4v) is 2.17. The van der Waals surface area contributed by atoms with Crippen molar-refractivity contribution in [2.75, 3.05) is 0 Å². The maximum atomic E-state index is 13.0. The van der Waals surface area contributed by atoms with E-state index in [-0.39, 0.29) is 5.82 Å². The van der Waals surface area contributed by atoms with Crippen LogP contribution >= 0.6 is 11.8 Å². The molecular formula is C11H7FN2OS. The molecule has 0 fully saturated rings. The molecule has 5 heteroatoms. The summed E-state index contributed by atoms with van der Waals surface area (Å²) in [6.45, 7) is 0. The first kappa shape index (κ1) is 9.47. The molecule has 3 nitrogen and oxygen atoms in total. The van der Waals surface area contributed by atoms with E-state index in [2.05, 4.69) is 9.97 Å². The molecule has 0 atom stereocenters. The number of hydrogen-bond acceptors (Lipinski definition) is 3. The van der Waals surface area contributed by atoms with Gasteiger partial charge in [0.25, 0.3) is 0 Å². The molecule has 3 aromatic rings. The number of nitrogens with one attached hydrogen (secondary N) is 1. The maximum Gasteiger partial charge on any atom is 0.174 e. The number of aromatic nitrogens is 2. The number of aromatic amines is 1. The summed E-state index contributed by atoms with van der Waals surface area (Å²) in [5, 5.41) is 1.44. The van der Waals surface area contributed by atoms with E-state index >= 15 is 0 Å². The van der Waals surface area contributed by atoms with E-state index in [1.54, 1.807) is 12.3 Å². The summed E-state index contributed by atoms with van der Waals surface area (Å²) in [6.07, 6.45) is 1.60. The van der Waals surface area contributed by atoms with Crippen LogP contribution in [0.25, 0.3) is 11.0 Å². The summed E-state index contributed by atoms with van der Waals surface area (Å²) in [6, 6.07) is 8.12. The Bertz CT molecular complexity index is 618. The molecule has 80 valence electrons. The van der Waals surface area contributed by atoms with Gasteiger partial charge in [0, 0.05) is 0 Å². The predicted octanol–water partition coefficient (Wildman–Crippen LogP) is 3.45. The Morgan fingerprint density at radius 1 is 1.31 bits per heavy atom. The molecule has 2 aromatic heterocycles. The molecule has 0 bridgehead atoms. The minimum Gasteiger partial charge on any atom is -0.458 e. The zero-order chi connectivity index (χ0) is 11.0. The van der Waals surface area contributed by atoms with Crippen molar-refractivity contribution >= 4 is 22.8 Å². The third-order valence-corrected chi connectivity index (χ3v) is 2.93. The van der Waals surface area contributed by atoms with Crippen LogP contribution in [0.5, 0.6) is 0 Å². The van der Waals surface area contributed by atoms with Crippen molar-refractivity contribution in [3.63, 3.8) is 0 Å². The van der Waals surface area contributed by atoms with Gasteiger partial charge in [-0.15, -0.1) is 0 Å². The van der Waals surface area contributed by atoms with E-state index < -0.39 is 0 Å². The van der Waals surface area contributed by atoms with Gasteiger partial charge in [0.15, 0.2) is 10.2 Å². The van der Waals surface area contributed by atoms with Gasteiger partial charge >= 0.3 is 0 Å². The van der Waals surface area contributed by atoms with Crippen molar-refractivity contribution in [2.24, 2.45) is 0 Å². The Hall–Kier alpha value is -1.75. The van der Waals surface area contributed by atoms with Crippen molar-refractivity contribution in [2.45, 2.75) is 10.2 Å². The van der Waals surface area contributed by atoms with E-state index in [9.17, 15) is 4.39 Å². The lowest BCUT2D eigenvalue weighted by Crippen LogP contribution is -1.72. The molecule has 0 amide bonds. The Kier molecular flexibility index (Phi) is 2.18. The minimum absolute atomic E-state index is 0.273. The smallest absolute Gasteiger partial charge is 0.174 e. The Balaban J connectivity index is 1.99. The highest BCUT2D eigenvalue weighted by Gasteiger charge is 2.06. The van der Waals surface area contributed by atoms with E-state index in [1.807, 2.05) is 12.1 Å². The van der Waals surface area contributed by atoms with Crippen LogP contribution in [-0.2, 0) is 0 Å². The maximum absolute atomic E-state index is 13.0. The molecule has 0 aliphatic heterocycles. The number of halogens is 1. The lowest BCUT2D eigenvalue weighted by molar-refractivity contribution is 0.474. The average Bonchev–Trinajstić information content (AvgIpc) is 2.86. The summed E-state index contributed by atoms with van der Waals surface area (Å²) >= 11 is 1.37. The van der Waals surface area contributed by atoms with E-state index in [1.165, 1.54) is 23.9 Å². The topological polar surface area (TPSA) is 41.8 Å². The Labute approximate surface area is 94.7 Å². The van der Waals surface area contributed by atoms with Crippen molar-refractivity contribution in [1.82, 2.24) is 9.97 Å². The van der Waals surface area contributed by atoms with Crippen molar-refractivity contribution in [1.29, 1.82) is 0 Å². The fourth-order valence-electron chi connectivity index (χ4n) is 1.42. The molecule has 0 spiro atoms. The summed E-state index contributed by atoms with van der Waals surface area (Å²) in [5.41, 5.74) is 1.43. The quantitative estimate of drug-likeness (QED) is 0.738. The van der Waals surface area contributed by atoms with Crippen LogP contribution in [0.2, 0.25) is 0 Å². The minimum atomic E-state index is -0.273. The zero-order valence-corrected chi connectivity index (χ0v) is 8.92. The molecule has 1 N–H and O–H groups in total. The highest BCUT2D eigenvalue weighted by molar-refractivity contribution is 7.99. The number of hydrogen-bond donors (Lipinski definition) is 1. The van der Waals surface area contributed by atoms with E-state index in [4.69, 9.17) is 4.42 Å². The number of rotatable bonds is 2. The first-order chi connectivity index (χ1) is 7.81. The molecule has 0 saturated heterocycles. The van der Waals surface area contributed by atoms with Gasteiger partial charge in [0.1, 0.15) is 5.82 Å². The van der Waals surface area contributed by atoms with Crippen LogP contribution in [0.1, 0.15) is 0 Å². The fraction of sp³-hybridized carbons (Fsp3) is 0. The predicted molar refractivity (Wildman–Crippen MR) is 58.9 cm³/mol. The standard InChI is InChI=1S/C11H7FN2OS/c12-7-3-4-8-9(6-7)14-11(13-8)16-10-2-1-5-15-10/h1-6H,(H,13,14). The number of nitrogens with zero attached hydrogens (tertiary/aromatic N) is 1. The van der Waals surface area contributed by atoms with Crippen LogP contribution in [0.3, 0.4) is 0 Å². The van der Waals surface area contributed by atoms with Crippen LogP contribution in [0.15, 0.2) is 51.3 Å². The normalized spacial score (nSPS) is 11.1. The summed E-state index contributed by atoms with van der Waals surface area (Å²) in [7, 11) is 0. The first-order valence-corrected chi connectivity index (χ1v) is 5.49. The van der Waals surface area contributed by atoms with Gasteiger partial charge in [0.05, 0.1) is 17.3 Å². The number of fused-ring (bicyclic) bond motifs is 1. The van der Waals surface area contributed by atoms with Gasteiger partial charge in [-0.2, -0.15) is 0 Å². The number of H-pyrrole nitrogens is 1. The van der Waals surface area contributed by atoms with E-state index in [0.717, 1.165) is 10.6 Å². The van der Waals surface area contributed by atoms with Crippen LogP contribution in [0.4, 0.5) is 4.39 Å². The molecule has 16 heavy (non-hydrogen) atoms. The van der Waals surface area contributed by atoms with Gasteiger partial charge in [-0.1, -0.05) is 0 Å². The largest absolute Gasteiger partial charge is 0.458 e. The SMILES string of the molecule is Fc1ccc2nc(Sc3ccco3)[nH]c2c1. The lowest BCUT2D eigenvalue weighted by atomic mass is 10.3. The second-order valence-corrected chi connectivity index (χ2v) is 4.23. The third kappa shape index (κ3) is 1.69. The second kappa shape index (κ2) is 3.68. The Morgan fingerprint density at radius 2 is 2.25 bits per heavy atom. The van der Waals surface area contributed by atoms with Crippen molar-refractivity contribution in [3.8, 4) is 0 Å². The summed E-state index contributed by atoms with van der Waals surface area (Å²) < 4.78 is 18.1. The zero-order valence-electron chi connectivity index (χ0n) is 8.11. The number of imidazole rings is 1. The van der Waals surface area contributed by atoms with Crippen LogP contribution < -0.4 is 0 Å². The van der Waals surface area contributed by atoms with Gasteiger partial charge in [0.2, 0.25) is 0 Å². The molecule has 0 radical (unpaired) electrons. The van der Waals surface area contributed by atoms with E-state index in [0.29, 0.717) is 10.7 Å². The average molecular weight is 234 g/mol. The summed E-state index contributed by atoms with van der Waals surface area (Å²) in [4.78, 5) is 7.34. The van der Waals surface area contributed by atoms with Gasteiger partial charge in [-0.25, -0.2) is 9.37 Å². The van der Waals surface area contributed by atoms with Gasteiger partial charge < -0.3 is 9.40 Å². The summed E-state index contributed by atoms with van der Waals surface area (Å²) in [5.74, 6) is -0.273. The second-order valence-electron chi connectivity index (χ2n) is 3.24. The molecule has 1 aromatic carbocycles. The molecule has 0 aliphatic rings. The monoisotopic (exact) mass is 234 g/mol. The Morgan fingerprint density at radius 3 is 3.06 bits per heavy atom. The first-order valence-electron chi connectivity index (χ1n) is 4.68. The molecule has 3 rings (SSSR count). The molecule has 2 heterocycles. The molecule has 0 saturated carbocycles. The van der Waals surface area contributed by atoms with Crippen molar-refractivity contribution in [3.05, 3.63) is 42.4 Å². The highest BCUT2D eigenvalue weighted by Crippen LogP contribution is 2.27. The van der Waals surface area contributed by atoms with Crippen molar-refractivity contribution < 1.29 is 8.81 Å². The third-order valence-electron chi connectivity index (χ3n) is 2.11. The molecule has 0 unspecified atom stereocenters. The van der Waals surface area contributed by atoms with Gasteiger partial charge in [-0.3, -0.25) is 0 Å². The number of benzene rings is 1. The molecule has 0 aliphatic carbocycles. The lowest BCUT2D eigenvalue weighted by Gasteiger charge is -1.89. The number of furan rings is 1. The van der Waals surface area contributed by atoms with Crippen LogP contribution in [0, 0.1) is 5.82 Å². The van der Waals surface area contributed by atoms with Crippen LogP contribution in [-0.4, -0.2) is 9.97 Å². The molecular weight excluding hydrogens is 227 g/mol. The van der Waals surface area contributed by atoms with Gasteiger partial charge in [-0.05, 0) is 42.1 Å².